The summed E-state index contributed by atoms with van der Waals surface area (Å²) in [7, 11) is 1.44. The third-order valence-corrected chi connectivity index (χ3v) is 4.72. The minimum absolute atomic E-state index is 0.0502. The molecule has 1 saturated heterocycles. The Balaban J connectivity index is 2.22. The third-order valence-electron chi connectivity index (χ3n) is 3.98. The molecule has 138 valence electrons. The second-order valence-corrected chi connectivity index (χ2v) is 6.47. The van der Waals surface area contributed by atoms with Crippen LogP contribution < -0.4 is 5.32 Å². The van der Waals surface area contributed by atoms with E-state index in [0.29, 0.717) is 10.0 Å². The number of carbonyl (C=O) groups excluding carboxylic acids is 1. The Hall–Kier alpha value is -1.54. The van der Waals surface area contributed by atoms with Crippen LogP contribution in [0, 0.1) is 0 Å². The van der Waals surface area contributed by atoms with Crippen LogP contribution in [0.25, 0.3) is 0 Å². The van der Waals surface area contributed by atoms with Crippen LogP contribution in [0.5, 0.6) is 0 Å². The fourth-order valence-electron chi connectivity index (χ4n) is 2.71. The molecule has 2 rings (SSSR count). The van der Waals surface area contributed by atoms with E-state index in [2.05, 4.69) is 5.32 Å². The number of amides is 2. The van der Waals surface area contributed by atoms with Crippen molar-refractivity contribution in [1.29, 1.82) is 0 Å². The van der Waals surface area contributed by atoms with Gasteiger partial charge in [-0.3, -0.25) is 4.79 Å². The van der Waals surface area contributed by atoms with Crippen molar-refractivity contribution in [2.24, 2.45) is 0 Å². The lowest BCUT2D eigenvalue weighted by Gasteiger charge is -2.27. The lowest BCUT2D eigenvalue weighted by Crippen LogP contribution is -2.40. The fraction of sp³-hybridized carbons (Fsp3) is 0.500. The van der Waals surface area contributed by atoms with Gasteiger partial charge in [0.1, 0.15) is 6.61 Å². The van der Waals surface area contributed by atoms with Gasteiger partial charge in [0.05, 0.1) is 22.8 Å². The van der Waals surface area contributed by atoms with Gasteiger partial charge in [0.2, 0.25) is 5.91 Å². The van der Waals surface area contributed by atoms with Crippen LogP contribution in [0.1, 0.15) is 11.5 Å². The van der Waals surface area contributed by atoms with Gasteiger partial charge in [-0.15, -0.1) is 0 Å². The van der Waals surface area contributed by atoms with Crippen molar-refractivity contribution in [2.45, 2.75) is 12.0 Å². The Kier molecular flexibility index (Phi) is 7.31. The Morgan fingerprint density at radius 2 is 2.16 bits per heavy atom. The highest BCUT2D eigenvalue weighted by atomic mass is 35.5. The fourth-order valence-corrected chi connectivity index (χ4v) is 3.02. The molecule has 0 aliphatic carbocycles. The summed E-state index contributed by atoms with van der Waals surface area (Å²) >= 11 is 12.1. The third kappa shape index (κ3) is 5.47. The molecule has 7 nitrogen and oxygen atoms in total. The maximum Gasteiger partial charge on any atom is 0.407 e. The van der Waals surface area contributed by atoms with E-state index < -0.39 is 12.2 Å². The van der Waals surface area contributed by atoms with E-state index in [1.165, 1.54) is 12.0 Å². The largest absolute Gasteiger partial charge is 0.465 e. The maximum atomic E-state index is 11.7. The molecule has 1 heterocycles. The summed E-state index contributed by atoms with van der Waals surface area (Å²) in [5, 5.41) is 12.9. The number of methoxy groups -OCH3 is 1. The lowest BCUT2D eigenvalue weighted by molar-refractivity contribution is -0.125. The Bertz CT molecular complexity index is 629. The van der Waals surface area contributed by atoms with Crippen LogP contribution in [0.15, 0.2) is 18.2 Å². The van der Waals surface area contributed by atoms with Crippen molar-refractivity contribution in [3.8, 4) is 0 Å². The first-order valence-electron chi connectivity index (χ1n) is 7.72. The molecule has 1 fully saturated rings. The predicted molar refractivity (Wildman–Crippen MR) is 93.4 cm³/mol. The van der Waals surface area contributed by atoms with Gasteiger partial charge in [0, 0.05) is 32.7 Å². The van der Waals surface area contributed by atoms with Crippen molar-refractivity contribution >= 4 is 35.2 Å². The minimum Gasteiger partial charge on any atom is -0.465 e. The quantitative estimate of drug-likeness (QED) is 0.804. The zero-order chi connectivity index (χ0) is 18.4. The normalized spacial score (nSPS) is 20.8. The number of benzene rings is 1. The van der Waals surface area contributed by atoms with Gasteiger partial charge < -0.3 is 24.8 Å². The lowest BCUT2D eigenvalue weighted by atomic mass is 9.92. The van der Waals surface area contributed by atoms with Gasteiger partial charge in [-0.25, -0.2) is 4.79 Å². The van der Waals surface area contributed by atoms with Gasteiger partial charge in [-0.2, -0.15) is 0 Å². The van der Waals surface area contributed by atoms with Crippen molar-refractivity contribution < 1.29 is 24.2 Å². The highest BCUT2D eigenvalue weighted by molar-refractivity contribution is 6.42. The zero-order valence-electron chi connectivity index (χ0n) is 13.7. The maximum absolute atomic E-state index is 11.7. The average molecular weight is 391 g/mol. The van der Waals surface area contributed by atoms with Crippen molar-refractivity contribution in [3.05, 3.63) is 33.8 Å². The van der Waals surface area contributed by atoms with Crippen LogP contribution in [0.2, 0.25) is 10.0 Å². The molecule has 2 N–H and O–H groups in total. The summed E-state index contributed by atoms with van der Waals surface area (Å²) in [6.45, 7) is 0.925. The van der Waals surface area contributed by atoms with Crippen LogP contribution in [-0.2, 0) is 14.3 Å². The second-order valence-electron chi connectivity index (χ2n) is 5.65. The molecule has 1 aliphatic heterocycles. The summed E-state index contributed by atoms with van der Waals surface area (Å²) in [5.74, 6) is -0.561. The molecule has 0 aromatic heterocycles. The van der Waals surface area contributed by atoms with E-state index in [4.69, 9.17) is 32.7 Å². The van der Waals surface area contributed by atoms with E-state index in [1.807, 2.05) is 0 Å². The molecule has 25 heavy (non-hydrogen) atoms. The molecule has 0 bridgehead atoms. The van der Waals surface area contributed by atoms with E-state index >= 15 is 0 Å². The van der Waals surface area contributed by atoms with Crippen molar-refractivity contribution in [1.82, 2.24) is 10.2 Å². The summed E-state index contributed by atoms with van der Waals surface area (Å²) in [5.41, 5.74) is 0.800. The van der Waals surface area contributed by atoms with Gasteiger partial charge in [-0.1, -0.05) is 29.3 Å². The Morgan fingerprint density at radius 1 is 1.40 bits per heavy atom. The first-order valence-corrected chi connectivity index (χ1v) is 8.48. The SMILES string of the molecule is COCC(=O)NC[C@@H]1OCCN(C(=O)O)C[C@H]1c1ccc(Cl)c(Cl)c1. The van der Waals surface area contributed by atoms with E-state index in [0.717, 1.165) is 5.56 Å². The molecule has 9 heteroatoms. The number of rotatable bonds is 5. The number of hydrogen-bond donors (Lipinski definition) is 2. The molecule has 0 unspecified atom stereocenters. The molecule has 0 saturated carbocycles. The Morgan fingerprint density at radius 3 is 2.80 bits per heavy atom. The van der Waals surface area contributed by atoms with E-state index in [-0.39, 0.29) is 44.7 Å². The van der Waals surface area contributed by atoms with Crippen LogP contribution in [0.3, 0.4) is 0 Å². The molecule has 1 aromatic carbocycles. The average Bonchev–Trinajstić information content (AvgIpc) is 2.78. The smallest absolute Gasteiger partial charge is 0.407 e. The highest BCUT2D eigenvalue weighted by Gasteiger charge is 2.31. The molecular formula is C16H20Cl2N2O5. The van der Waals surface area contributed by atoms with Crippen molar-refractivity contribution in [3.63, 3.8) is 0 Å². The summed E-state index contributed by atoms with van der Waals surface area (Å²) in [6.07, 6.45) is -1.42. The first kappa shape index (κ1) is 19.8. The van der Waals surface area contributed by atoms with E-state index in [1.54, 1.807) is 18.2 Å². The monoisotopic (exact) mass is 390 g/mol. The summed E-state index contributed by atoms with van der Waals surface area (Å²) in [4.78, 5) is 24.3. The topological polar surface area (TPSA) is 88.1 Å². The second kappa shape index (κ2) is 9.24. The number of halogens is 2. The molecule has 1 aromatic rings. The standard InChI is InChI=1S/C16H20Cl2N2O5/c1-24-9-15(21)19-7-14-11(8-20(16(22)23)4-5-25-14)10-2-3-12(17)13(18)6-10/h2-3,6,11,14H,4-5,7-9H2,1H3,(H,19,21)(H,22,23)/t11-,14-/m0/s1. The highest BCUT2D eigenvalue weighted by Crippen LogP contribution is 2.31. The molecule has 0 spiro atoms. The number of carboxylic acid groups (broad SMARTS) is 1. The predicted octanol–water partition coefficient (Wildman–Crippen LogP) is 2.22. The van der Waals surface area contributed by atoms with Crippen molar-refractivity contribution in [2.75, 3.05) is 40.0 Å². The Labute approximate surface area is 155 Å². The number of nitrogens with zero attached hydrogens (tertiary/aromatic N) is 1. The number of nitrogens with one attached hydrogen (secondary N) is 1. The van der Waals surface area contributed by atoms with Gasteiger partial charge >= 0.3 is 6.09 Å². The zero-order valence-corrected chi connectivity index (χ0v) is 15.2. The first-order chi connectivity index (χ1) is 11.9. The number of carbonyl (C=O) groups is 2. The van der Waals surface area contributed by atoms with Crippen LogP contribution >= 0.6 is 23.2 Å². The van der Waals surface area contributed by atoms with E-state index in [9.17, 15) is 14.7 Å². The molecule has 2 atom stereocenters. The number of hydrogen-bond acceptors (Lipinski definition) is 4. The summed E-state index contributed by atoms with van der Waals surface area (Å²) < 4.78 is 10.6. The van der Waals surface area contributed by atoms with Crippen LogP contribution in [-0.4, -0.2) is 68.1 Å². The molecule has 1 aliphatic rings. The summed E-state index contributed by atoms with van der Waals surface area (Å²) in [6, 6.07) is 5.15. The molecule has 0 radical (unpaired) electrons. The van der Waals surface area contributed by atoms with Gasteiger partial charge in [0.25, 0.3) is 0 Å². The van der Waals surface area contributed by atoms with Gasteiger partial charge in [0.15, 0.2) is 0 Å². The molecular weight excluding hydrogens is 371 g/mol. The number of ether oxygens (including phenoxy) is 2. The van der Waals surface area contributed by atoms with Gasteiger partial charge in [-0.05, 0) is 17.7 Å². The minimum atomic E-state index is -1.02. The van der Waals surface area contributed by atoms with Crippen LogP contribution in [0.4, 0.5) is 4.79 Å². The molecule has 2 amide bonds.